The normalized spacial score (nSPS) is 14.4. The molecular formula is C17H21FN2O. The van der Waals surface area contributed by atoms with Crippen LogP contribution in [0.15, 0.2) is 41.0 Å². The fourth-order valence-corrected chi connectivity index (χ4v) is 2.60. The molecule has 1 heterocycles. The molecule has 1 N–H and O–H groups in total. The highest BCUT2D eigenvalue weighted by molar-refractivity contribution is 5.55. The maximum atomic E-state index is 13.6. The number of anilines is 1. The summed E-state index contributed by atoms with van der Waals surface area (Å²) < 4.78 is 19.0. The van der Waals surface area contributed by atoms with E-state index in [0.717, 1.165) is 30.1 Å². The van der Waals surface area contributed by atoms with Gasteiger partial charge in [0, 0.05) is 18.3 Å². The van der Waals surface area contributed by atoms with Crippen molar-refractivity contribution in [1.29, 1.82) is 0 Å². The first-order chi connectivity index (χ1) is 10.3. The van der Waals surface area contributed by atoms with Crippen molar-refractivity contribution >= 4 is 5.69 Å². The zero-order chi connectivity index (χ0) is 14.7. The Morgan fingerprint density at radius 2 is 2.19 bits per heavy atom. The van der Waals surface area contributed by atoms with Gasteiger partial charge in [-0.15, -0.1) is 0 Å². The molecule has 3 rings (SSSR count). The first kappa shape index (κ1) is 14.1. The van der Waals surface area contributed by atoms with E-state index in [9.17, 15) is 4.39 Å². The Labute approximate surface area is 124 Å². The van der Waals surface area contributed by atoms with Crippen molar-refractivity contribution in [1.82, 2.24) is 5.32 Å². The zero-order valence-electron chi connectivity index (χ0n) is 12.3. The summed E-state index contributed by atoms with van der Waals surface area (Å²) >= 11 is 0. The molecule has 1 aliphatic carbocycles. The number of hydrogen-bond acceptors (Lipinski definition) is 3. The fraction of sp³-hybridized carbons (Fsp3) is 0.412. The number of furan rings is 1. The van der Waals surface area contributed by atoms with Gasteiger partial charge in [0.15, 0.2) is 0 Å². The molecule has 0 saturated heterocycles. The minimum atomic E-state index is -0.180. The number of hydrogen-bond donors (Lipinski definition) is 1. The molecule has 0 spiro atoms. The molecule has 0 bridgehead atoms. The van der Waals surface area contributed by atoms with Crippen molar-refractivity contribution in [3.05, 3.63) is 53.7 Å². The first-order valence-corrected chi connectivity index (χ1v) is 7.56. The number of nitrogens with one attached hydrogen (secondary N) is 1. The lowest BCUT2D eigenvalue weighted by atomic mass is 10.1. The highest BCUT2D eigenvalue weighted by atomic mass is 19.1. The van der Waals surface area contributed by atoms with Gasteiger partial charge in [-0.05, 0) is 55.3 Å². The zero-order valence-corrected chi connectivity index (χ0v) is 12.3. The van der Waals surface area contributed by atoms with E-state index in [1.807, 2.05) is 18.2 Å². The number of nitrogens with zero attached hydrogens (tertiary/aromatic N) is 1. The summed E-state index contributed by atoms with van der Waals surface area (Å²) in [6.45, 7) is 4.35. The predicted molar refractivity (Wildman–Crippen MR) is 81.7 cm³/mol. The predicted octanol–water partition coefficient (Wildman–Crippen LogP) is 3.70. The largest absolute Gasteiger partial charge is 0.467 e. The lowest BCUT2D eigenvalue weighted by Crippen LogP contribution is -2.27. The second kappa shape index (κ2) is 6.31. The molecule has 0 amide bonds. The van der Waals surface area contributed by atoms with Crippen LogP contribution in [-0.2, 0) is 13.1 Å². The second-order valence-electron chi connectivity index (χ2n) is 5.49. The first-order valence-electron chi connectivity index (χ1n) is 7.56. The third-order valence-electron chi connectivity index (χ3n) is 3.81. The maximum absolute atomic E-state index is 13.6. The fourth-order valence-electron chi connectivity index (χ4n) is 2.60. The van der Waals surface area contributed by atoms with Crippen molar-refractivity contribution in [2.75, 3.05) is 11.4 Å². The van der Waals surface area contributed by atoms with Gasteiger partial charge in [-0.2, -0.15) is 0 Å². The van der Waals surface area contributed by atoms with Gasteiger partial charge in [0.05, 0.1) is 12.8 Å². The lowest BCUT2D eigenvalue weighted by Gasteiger charge is -2.26. The molecule has 1 saturated carbocycles. The smallest absolute Gasteiger partial charge is 0.123 e. The molecule has 0 radical (unpaired) electrons. The van der Waals surface area contributed by atoms with Gasteiger partial charge in [0.2, 0.25) is 0 Å². The summed E-state index contributed by atoms with van der Waals surface area (Å²) in [6.07, 6.45) is 4.09. The summed E-state index contributed by atoms with van der Waals surface area (Å²) in [6, 6.07) is 9.51. The molecule has 1 aromatic carbocycles. The van der Waals surface area contributed by atoms with Gasteiger partial charge in [-0.1, -0.05) is 6.92 Å². The Bertz CT molecular complexity index is 578. The third-order valence-corrected chi connectivity index (χ3v) is 3.81. The highest BCUT2D eigenvalue weighted by Gasteiger charge is 2.31. The van der Waals surface area contributed by atoms with E-state index in [-0.39, 0.29) is 5.82 Å². The van der Waals surface area contributed by atoms with Crippen molar-refractivity contribution in [3.8, 4) is 0 Å². The molecule has 0 unspecified atom stereocenters. The highest BCUT2D eigenvalue weighted by Crippen LogP contribution is 2.35. The summed E-state index contributed by atoms with van der Waals surface area (Å²) in [4.78, 5) is 2.34. The van der Waals surface area contributed by atoms with Crippen LogP contribution in [0.4, 0.5) is 10.1 Å². The van der Waals surface area contributed by atoms with E-state index in [4.69, 9.17) is 4.42 Å². The monoisotopic (exact) mass is 288 g/mol. The maximum Gasteiger partial charge on any atom is 0.123 e. The molecule has 1 aliphatic rings. The van der Waals surface area contributed by atoms with Crippen LogP contribution >= 0.6 is 0 Å². The van der Waals surface area contributed by atoms with Crippen LogP contribution < -0.4 is 10.2 Å². The number of halogens is 1. The van der Waals surface area contributed by atoms with Crippen molar-refractivity contribution < 1.29 is 8.81 Å². The molecule has 112 valence electrons. The molecule has 0 atom stereocenters. The minimum absolute atomic E-state index is 0.180. The van der Waals surface area contributed by atoms with Crippen molar-refractivity contribution in [2.24, 2.45) is 0 Å². The van der Waals surface area contributed by atoms with E-state index in [2.05, 4.69) is 17.1 Å². The van der Waals surface area contributed by atoms with Crippen LogP contribution in [0.3, 0.4) is 0 Å². The minimum Gasteiger partial charge on any atom is -0.467 e. The van der Waals surface area contributed by atoms with Crippen LogP contribution in [0.5, 0.6) is 0 Å². The third kappa shape index (κ3) is 3.45. The van der Waals surface area contributed by atoms with Crippen LogP contribution in [0.2, 0.25) is 0 Å². The molecule has 2 aromatic rings. The van der Waals surface area contributed by atoms with Gasteiger partial charge < -0.3 is 14.6 Å². The average molecular weight is 288 g/mol. The van der Waals surface area contributed by atoms with Crippen molar-refractivity contribution in [2.45, 2.75) is 38.9 Å². The Kier molecular flexibility index (Phi) is 4.25. The van der Waals surface area contributed by atoms with E-state index in [1.54, 1.807) is 18.4 Å². The molecule has 4 heteroatoms. The Balaban J connectivity index is 1.87. The number of rotatable bonds is 7. The quantitative estimate of drug-likeness (QED) is 0.842. The van der Waals surface area contributed by atoms with Crippen LogP contribution in [-0.4, -0.2) is 12.6 Å². The summed E-state index contributed by atoms with van der Waals surface area (Å²) in [5, 5.41) is 3.29. The SMILES string of the molecule is CCNCc1cc(F)ccc1N(Cc1ccco1)C1CC1. The summed E-state index contributed by atoms with van der Waals surface area (Å²) in [5.41, 5.74) is 2.12. The van der Waals surface area contributed by atoms with E-state index in [0.29, 0.717) is 12.6 Å². The van der Waals surface area contributed by atoms with Gasteiger partial charge in [0.1, 0.15) is 11.6 Å². The van der Waals surface area contributed by atoms with Crippen LogP contribution in [0.25, 0.3) is 0 Å². The Hall–Kier alpha value is -1.81. The van der Waals surface area contributed by atoms with Gasteiger partial charge in [-0.25, -0.2) is 4.39 Å². The lowest BCUT2D eigenvalue weighted by molar-refractivity contribution is 0.500. The Morgan fingerprint density at radius 3 is 2.86 bits per heavy atom. The van der Waals surface area contributed by atoms with Crippen LogP contribution in [0.1, 0.15) is 31.1 Å². The molecular weight excluding hydrogens is 267 g/mol. The Morgan fingerprint density at radius 1 is 1.33 bits per heavy atom. The van der Waals surface area contributed by atoms with Gasteiger partial charge >= 0.3 is 0 Å². The molecule has 1 fully saturated rings. The van der Waals surface area contributed by atoms with E-state index < -0.39 is 0 Å². The van der Waals surface area contributed by atoms with Gasteiger partial charge in [-0.3, -0.25) is 0 Å². The van der Waals surface area contributed by atoms with Crippen molar-refractivity contribution in [3.63, 3.8) is 0 Å². The summed E-state index contributed by atoms with van der Waals surface area (Å²) in [7, 11) is 0. The molecule has 3 nitrogen and oxygen atoms in total. The molecule has 1 aromatic heterocycles. The van der Waals surface area contributed by atoms with E-state index >= 15 is 0 Å². The number of benzene rings is 1. The standard InChI is InChI=1S/C17H21FN2O/c1-2-19-11-13-10-14(18)5-8-17(13)20(15-6-7-15)12-16-4-3-9-21-16/h3-5,8-10,15,19H,2,6-7,11-12H2,1H3. The molecule has 0 aliphatic heterocycles. The summed E-state index contributed by atoms with van der Waals surface area (Å²) in [5.74, 6) is 0.765. The van der Waals surface area contributed by atoms with Gasteiger partial charge in [0.25, 0.3) is 0 Å². The average Bonchev–Trinajstić information content (AvgIpc) is 3.20. The van der Waals surface area contributed by atoms with E-state index in [1.165, 1.54) is 12.8 Å². The second-order valence-corrected chi connectivity index (χ2v) is 5.49. The molecule has 21 heavy (non-hydrogen) atoms. The topological polar surface area (TPSA) is 28.4 Å². The van der Waals surface area contributed by atoms with Crippen LogP contribution in [0, 0.1) is 5.82 Å².